The fraction of sp³-hybridized carbons (Fsp3) is 0.500. The highest BCUT2D eigenvalue weighted by molar-refractivity contribution is 7.99. The molecule has 0 amide bonds. The fourth-order valence-corrected chi connectivity index (χ4v) is 2.29. The first-order valence-electron chi connectivity index (χ1n) is 5.93. The normalized spacial score (nSPS) is 11.0. The van der Waals surface area contributed by atoms with Gasteiger partial charge in [0, 0.05) is 12.4 Å². The van der Waals surface area contributed by atoms with Gasteiger partial charge >= 0.3 is 0 Å². The standard InChI is InChI=1S/C12H16N2O3S/c1-9-10(5-7-16-9)11-13-14-12(17-11)18-8-4-2-3-6-15/h5,7,15H,2-4,6,8H2,1H3. The third kappa shape index (κ3) is 3.36. The van der Waals surface area contributed by atoms with Gasteiger partial charge in [-0.1, -0.05) is 18.2 Å². The van der Waals surface area contributed by atoms with Crippen molar-refractivity contribution in [1.82, 2.24) is 10.2 Å². The molecular weight excluding hydrogens is 252 g/mol. The molecule has 1 N–H and O–H groups in total. The Balaban J connectivity index is 1.85. The van der Waals surface area contributed by atoms with E-state index < -0.39 is 0 Å². The number of thioether (sulfide) groups is 1. The molecule has 98 valence electrons. The summed E-state index contributed by atoms with van der Waals surface area (Å²) in [6.45, 7) is 2.12. The summed E-state index contributed by atoms with van der Waals surface area (Å²) in [6, 6.07) is 1.82. The topological polar surface area (TPSA) is 72.3 Å². The van der Waals surface area contributed by atoms with Crippen molar-refractivity contribution in [2.45, 2.75) is 31.4 Å². The SMILES string of the molecule is Cc1occc1-c1nnc(SCCCCCO)o1. The molecular formula is C12H16N2O3S. The van der Waals surface area contributed by atoms with E-state index in [9.17, 15) is 0 Å². The number of nitrogens with zero attached hydrogens (tertiary/aromatic N) is 2. The van der Waals surface area contributed by atoms with E-state index in [1.54, 1.807) is 18.0 Å². The van der Waals surface area contributed by atoms with Crippen LogP contribution in [-0.4, -0.2) is 27.7 Å². The molecule has 0 unspecified atom stereocenters. The van der Waals surface area contributed by atoms with Crippen molar-refractivity contribution in [3.05, 3.63) is 18.1 Å². The molecule has 0 aliphatic carbocycles. The highest BCUT2D eigenvalue weighted by Crippen LogP contribution is 2.26. The van der Waals surface area contributed by atoms with E-state index in [-0.39, 0.29) is 6.61 Å². The van der Waals surface area contributed by atoms with Crippen LogP contribution in [0.15, 0.2) is 26.4 Å². The number of hydrogen-bond donors (Lipinski definition) is 1. The highest BCUT2D eigenvalue weighted by Gasteiger charge is 2.12. The van der Waals surface area contributed by atoms with Gasteiger partial charge in [-0.15, -0.1) is 10.2 Å². The Morgan fingerprint density at radius 1 is 1.28 bits per heavy atom. The zero-order valence-electron chi connectivity index (χ0n) is 10.3. The van der Waals surface area contributed by atoms with Crippen molar-refractivity contribution in [3.63, 3.8) is 0 Å². The number of unbranched alkanes of at least 4 members (excludes halogenated alkanes) is 2. The van der Waals surface area contributed by atoms with Gasteiger partial charge in [-0.2, -0.15) is 0 Å². The number of hydrogen-bond acceptors (Lipinski definition) is 6. The number of rotatable bonds is 7. The molecule has 0 radical (unpaired) electrons. The Bertz CT molecular complexity index is 481. The lowest BCUT2D eigenvalue weighted by Gasteiger charge is -1.96. The fourth-order valence-electron chi connectivity index (χ4n) is 1.53. The molecule has 0 fully saturated rings. The van der Waals surface area contributed by atoms with E-state index >= 15 is 0 Å². The van der Waals surface area contributed by atoms with Crippen LogP contribution in [0.2, 0.25) is 0 Å². The second kappa shape index (κ2) is 6.61. The molecule has 0 aromatic carbocycles. The van der Waals surface area contributed by atoms with Gasteiger partial charge < -0.3 is 13.9 Å². The van der Waals surface area contributed by atoms with Crippen LogP contribution in [0.5, 0.6) is 0 Å². The Kier molecular flexibility index (Phi) is 4.83. The molecule has 0 aliphatic heterocycles. The lowest BCUT2D eigenvalue weighted by molar-refractivity contribution is 0.284. The van der Waals surface area contributed by atoms with Crippen LogP contribution in [0.25, 0.3) is 11.5 Å². The molecule has 2 aromatic rings. The first kappa shape index (κ1) is 13.2. The largest absolute Gasteiger partial charge is 0.469 e. The van der Waals surface area contributed by atoms with Crippen LogP contribution in [0.1, 0.15) is 25.0 Å². The van der Waals surface area contributed by atoms with E-state index in [0.29, 0.717) is 11.1 Å². The van der Waals surface area contributed by atoms with E-state index in [1.165, 1.54) is 0 Å². The molecule has 0 saturated heterocycles. The number of aromatic nitrogens is 2. The van der Waals surface area contributed by atoms with Crippen LogP contribution in [0.3, 0.4) is 0 Å². The number of aliphatic hydroxyl groups excluding tert-OH is 1. The van der Waals surface area contributed by atoms with Crippen molar-refractivity contribution in [2.75, 3.05) is 12.4 Å². The van der Waals surface area contributed by atoms with Crippen molar-refractivity contribution in [1.29, 1.82) is 0 Å². The van der Waals surface area contributed by atoms with Crippen molar-refractivity contribution < 1.29 is 13.9 Å². The summed E-state index contributed by atoms with van der Waals surface area (Å²) in [5, 5.41) is 17.2. The summed E-state index contributed by atoms with van der Waals surface area (Å²) in [6.07, 6.45) is 4.51. The molecule has 0 spiro atoms. The average Bonchev–Trinajstić information content (AvgIpc) is 2.97. The summed E-state index contributed by atoms with van der Waals surface area (Å²) < 4.78 is 10.7. The maximum Gasteiger partial charge on any atom is 0.276 e. The Hall–Kier alpha value is -1.27. The van der Waals surface area contributed by atoms with Gasteiger partial charge in [-0.25, -0.2) is 0 Å². The van der Waals surface area contributed by atoms with Gasteiger partial charge in [0.2, 0.25) is 0 Å². The second-order valence-electron chi connectivity index (χ2n) is 3.90. The first-order chi connectivity index (χ1) is 8.81. The van der Waals surface area contributed by atoms with Gasteiger partial charge in [0.15, 0.2) is 0 Å². The van der Waals surface area contributed by atoms with Crippen LogP contribution >= 0.6 is 11.8 Å². The molecule has 0 aliphatic rings. The third-order valence-electron chi connectivity index (χ3n) is 2.52. The van der Waals surface area contributed by atoms with Crippen LogP contribution in [0.4, 0.5) is 0 Å². The summed E-state index contributed by atoms with van der Waals surface area (Å²) in [7, 11) is 0. The average molecular weight is 268 g/mol. The molecule has 2 aromatic heterocycles. The number of aryl methyl sites for hydroxylation is 1. The lowest BCUT2D eigenvalue weighted by Crippen LogP contribution is -1.85. The molecule has 0 bridgehead atoms. The molecule has 18 heavy (non-hydrogen) atoms. The smallest absolute Gasteiger partial charge is 0.276 e. The zero-order valence-corrected chi connectivity index (χ0v) is 11.1. The van der Waals surface area contributed by atoms with Gasteiger partial charge in [0.1, 0.15) is 5.76 Å². The van der Waals surface area contributed by atoms with E-state index in [1.807, 2.05) is 13.0 Å². The predicted octanol–water partition coefficient (Wildman–Crippen LogP) is 2.89. The Morgan fingerprint density at radius 2 is 2.17 bits per heavy atom. The number of aliphatic hydroxyl groups is 1. The molecule has 5 nitrogen and oxygen atoms in total. The monoisotopic (exact) mass is 268 g/mol. The quantitative estimate of drug-likeness (QED) is 0.615. The molecule has 2 heterocycles. The van der Waals surface area contributed by atoms with E-state index in [4.69, 9.17) is 13.9 Å². The minimum absolute atomic E-state index is 0.259. The first-order valence-corrected chi connectivity index (χ1v) is 6.91. The van der Waals surface area contributed by atoms with Crippen LogP contribution < -0.4 is 0 Å². The van der Waals surface area contributed by atoms with Gasteiger partial charge in [-0.05, 0) is 25.8 Å². The maximum atomic E-state index is 8.66. The molecule has 0 atom stereocenters. The minimum atomic E-state index is 0.259. The van der Waals surface area contributed by atoms with Crippen molar-refractivity contribution in [2.24, 2.45) is 0 Å². The van der Waals surface area contributed by atoms with E-state index in [2.05, 4.69) is 10.2 Å². The Morgan fingerprint density at radius 3 is 2.89 bits per heavy atom. The van der Waals surface area contributed by atoms with Gasteiger partial charge in [0.05, 0.1) is 11.8 Å². The second-order valence-corrected chi connectivity index (χ2v) is 4.94. The molecule has 2 rings (SSSR count). The zero-order chi connectivity index (χ0) is 12.8. The number of furan rings is 1. The van der Waals surface area contributed by atoms with Crippen LogP contribution in [-0.2, 0) is 0 Å². The van der Waals surface area contributed by atoms with Crippen LogP contribution in [0, 0.1) is 6.92 Å². The Labute approximate surface area is 110 Å². The lowest BCUT2D eigenvalue weighted by atomic mass is 10.3. The summed E-state index contributed by atoms with van der Waals surface area (Å²) >= 11 is 1.54. The highest BCUT2D eigenvalue weighted by atomic mass is 32.2. The predicted molar refractivity (Wildman–Crippen MR) is 68.4 cm³/mol. The van der Waals surface area contributed by atoms with Gasteiger partial charge in [0.25, 0.3) is 11.1 Å². The maximum absolute atomic E-state index is 8.66. The summed E-state index contributed by atoms with van der Waals surface area (Å²) in [4.78, 5) is 0. The van der Waals surface area contributed by atoms with Gasteiger partial charge in [-0.3, -0.25) is 0 Å². The van der Waals surface area contributed by atoms with Crippen molar-refractivity contribution in [3.8, 4) is 11.5 Å². The third-order valence-corrected chi connectivity index (χ3v) is 3.43. The van der Waals surface area contributed by atoms with Crippen molar-refractivity contribution >= 4 is 11.8 Å². The van der Waals surface area contributed by atoms with E-state index in [0.717, 1.165) is 36.3 Å². The summed E-state index contributed by atoms with van der Waals surface area (Å²) in [5.41, 5.74) is 0.842. The summed E-state index contributed by atoms with van der Waals surface area (Å²) in [5.74, 6) is 2.20. The molecule has 6 heteroatoms. The minimum Gasteiger partial charge on any atom is -0.469 e. The molecule has 0 saturated carbocycles.